The number of amides is 2. The van der Waals surface area contributed by atoms with Gasteiger partial charge in [-0.1, -0.05) is 53.5 Å². The van der Waals surface area contributed by atoms with Crippen LogP contribution in [-0.4, -0.2) is 17.6 Å². The molecular weight excluding hydrogens is 508 g/mol. The van der Waals surface area contributed by atoms with Crippen LogP contribution in [0.25, 0.3) is 0 Å². The molecule has 0 bridgehead atoms. The van der Waals surface area contributed by atoms with Gasteiger partial charge in [-0.05, 0) is 42.0 Å². The summed E-state index contributed by atoms with van der Waals surface area (Å²) in [5, 5.41) is 0.828. The molecule has 3 aromatic carbocycles. The van der Waals surface area contributed by atoms with Gasteiger partial charge < -0.3 is 4.90 Å². The molecule has 0 radical (unpaired) electrons. The Bertz CT molecular complexity index is 1330. The van der Waals surface area contributed by atoms with E-state index in [1.165, 1.54) is 21.9 Å². The van der Waals surface area contributed by atoms with Crippen LogP contribution >= 0.6 is 35.0 Å². The molecule has 2 aliphatic heterocycles. The number of anilines is 2. The molecule has 0 aromatic heterocycles. The Labute approximate surface area is 207 Å². The molecule has 2 amide bonds. The van der Waals surface area contributed by atoms with Gasteiger partial charge in [-0.3, -0.25) is 14.5 Å². The van der Waals surface area contributed by atoms with E-state index in [9.17, 15) is 22.8 Å². The van der Waals surface area contributed by atoms with E-state index in [-0.39, 0.29) is 18.0 Å². The van der Waals surface area contributed by atoms with Crippen LogP contribution in [0.3, 0.4) is 0 Å². The summed E-state index contributed by atoms with van der Waals surface area (Å²) in [7, 11) is 0. The molecule has 1 fully saturated rings. The van der Waals surface area contributed by atoms with Crippen molar-refractivity contribution in [1.82, 2.24) is 0 Å². The van der Waals surface area contributed by atoms with Crippen LogP contribution in [0.2, 0.25) is 10.0 Å². The van der Waals surface area contributed by atoms with Crippen LogP contribution < -0.4 is 9.80 Å². The summed E-state index contributed by atoms with van der Waals surface area (Å²) < 4.78 is 40.2. The van der Waals surface area contributed by atoms with Gasteiger partial charge in [0.15, 0.2) is 0 Å². The molecule has 174 valence electrons. The van der Waals surface area contributed by atoms with E-state index >= 15 is 0 Å². The summed E-state index contributed by atoms with van der Waals surface area (Å²) in [6.07, 6.45) is -4.59. The molecule has 0 unspecified atom stereocenters. The Kier molecular flexibility index (Phi) is 5.58. The molecule has 4 nitrogen and oxygen atoms in total. The predicted octanol–water partition coefficient (Wildman–Crippen LogP) is 6.49. The van der Waals surface area contributed by atoms with Crippen LogP contribution in [0.15, 0.2) is 66.7 Å². The van der Waals surface area contributed by atoms with E-state index in [0.29, 0.717) is 26.9 Å². The highest BCUT2D eigenvalue weighted by Crippen LogP contribution is 2.56. The number of carbonyl (C=O) groups excluding carboxylic acids is 2. The average Bonchev–Trinajstić information content (AvgIpc) is 3.26. The smallest absolute Gasteiger partial charge is 0.304 e. The molecule has 2 heterocycles. The van der Waals surface area contributed by atoms with Crippen molar-refractivity contribution in [3.63, 3.8) is 0 Å². The van der Waals surface area contributed by atoms with E-state index in [4.69, 9.17) is 23.2 Å². The van der Waals surface area contributed by atoms with Crippen molar-refractivity contribution < 1.29 is 22.8 Å². The summed E-state index contributed by atoms with van der Waals surface area (Å²) in [6.45, 7) is 0.110. The molecule has 1 atom stereocenters. The van der Waals surface area contributed by atoms with Crippen molar-refractivity contribution in [2.75, 3.05) is 15.6 Å². The second-order valence-electron chi connectivity index (χ2n) is 7.85. The second kappa shape index (κ2) is 8.22. The van der Waals surface area contributed by atoms with E-state index < -0.39 is 28.4 Å². The number of hydrogen-bond donors (Lipinski definition) is 0. The normalized spacial score (nSPS) is 19.9. The van der Waals surface area contributed by atoms with Crippen molar-refractivity contribution in [1.29, 1.82) is 0 Å². The first kappa shape index (κ1) is 23.1. The predicted molar refractivity (Wildman–Crippen MR) is 127 cm³/mol. The SMILES string of the molecule is O=C1CS[C@]2(C(=O)N(Cc3ccc(Cl)cc3Cl)c3ccccc32)N1c1cccc(C(F)(F)F)c1. The van der Waals surface area contributed by atoms with Gasteiger partial charge in [-0.25, -0.2) is 0 Å². The molecular formula is C24H15Cl2F3N2O2S. The topological polar surface area (TPSA) is 40.6 Å². The Balaban J connectivity index is 1.63. The number of alkyl halides is 3. The van der Waals surface area contributed by atoms with Gasteiger partial charge in [-0.2, -0.15) is 13.2 Å². The van der Waals surface area contributed by atoms with E-state index in [0.717, 1.165) is 23.9 Å². The Morgan fingerprint density at radius 1 is 0.971 bits per heavy atom. The van der Waals surface area contributed by atoms with Gasteiger partial charge in [0.05, 0.1) is 23.5 Å². The summed E-state index contributed by atoms with van der Waals surface area (Å²) in [4.78, 5) is 28.2. The highest BCUT2D eigenvalue weighted by atomic mass is 35.5. The number of nitrogens with zero attached hydrogens (tertiary/aromatic N) is 2. The number of fused-ring (bicyclic) bond motifs is 2. The maximum atomic E-state index is 14.0. The third-order valence-corrected chi connectivity index (χ3v) is 7.81. The van der Waals surface area contributed by atoms with Crippen LogP contribution in [0.4, 0.5) is 24.5 Å². The maximum absolute atomic E-state index is 14.0. The van der Waals surface area contributed by atoms with Gasteiger partial charge in [0.1, 0.15) is 0 Å². The summed E-state index contributed by atoms with van der Waals surface area (Å²) >= 11 is 13.4. The molecule has 0 saturated carbocycles. The zero-order valence-corrected chi connectivity index (χ0v) is 19.6. The van der Waals surface area contributed by atoms with Crippen molar-refractivity contribution in [3.8, 4) is 0 Å². The largest absolute Gasteiger partial charge is 0.416 e. The van der Waals surface area contributed by atoms with E-state index in [2.05, 4.69) is 0 Å². The third-order valence-electron chi connectivity index (χ3n) is 5.84. The molecule has 34 heavy (non-hydrogen) atoms. The zero-order valence-electron chi connectivity index (χ0n) is 17.3. The van der Waals surface area contributed by atoms with Gasteiger partial charge in [0.25, 0.3) is 5.91 Å². The Hall–Kier alpha value is -2.68. The molecule has 0 N–H and O–H groups in total. The van der Waals surface area contributed by atoms with Crippen molar-refractivity contribution in [2.45, 2.75) is 17.6 Å². The summed E-state index contributed by atoms with van der Waals surface area (Å²) in [6, 6.07) is 16.4. The average molecular weight is 523 g/mol. The van der Waals surface area contributed by atoms with Crippen molar-refractivity contribution >= 4 is 58.2 Å². The number of para-hydroxylation sites is 1. The Morgan fingerprint density at radius 3 is 2.47 bits per heavy atom. The van der Waals surface area contributed by atoms with Gasteiger partial charge in [0, 0.05) is 21.3 Å². The lowest BCUT2D eigenvalue weighted by molar-refractivity contribution is -0.137. The van der Waals surface area contributed by atoms with E-state index in [1.54, 1.807) is 42.5 Å². The summed E-state index contributed by atoms with van der Waals surface area (Å²) in [5.74, 6) is -0.918. The number of thioether (sulfide) groups is 1. The minimum atomic E-state index is -4.59. The lowest BCUT2D eigenvalue weighted by atomic mass is 10.0. The monoisotopic (exact) mass is 522 g/mol. The van der Waals surface area contributed by atoms with Gasteiger partial charge in [0.2, 0.25) is 10.8 Å². The lowest BCUT2D eigenvalue weighted by Gasteiger charge is -2.33. The minimum Gasteiger partial charge on any atom is -0.304 e. The molecule has 2 aliphatic rings. The fraction of sp³-hybridized carbons (Fsp3) is 0.167. The van der Waals surface area contributed by atoms with Gasteiger partial charge >= 0.3 is 6.18 Å². The number of halogens is 5. The first-order valence-electron chi connectivity index (χ1n) is 10.1. The molecule has 1 spiro atoms. The highest BCUT2D eigenvalue weighted by Gasteiger charge is 2.61. The Morgan fingerprint density at radius 2 is 1.74 bits per heavy atom. The number of benzene rings is 3. The second-order valence-corrected chi connectivity index (χ2v) is 9.87. The maximum Gasteiger partial charge on any atom is 0.416 e. The lowest BCUT2D eigenvalue weighted by Crippen LogP contribution is -2.49. The third kappa shape index (κ3) is 3.56. The van der Waals surface area contributed by atoms with Crippen molar-refractivity contribution in [3.05, 3.63) is 93.5 Å². The molecule has 5 rings (SSSR count). The van der Waals surface area contributed by atoms with Gasteiger partial charge in [-0.15, -0.1) is 11.8 Å². The van der Waals surface area contributed by atoms with Crippen molar-refractivity contribution in [2.24, 2.45) is 0 Å². The fourth-order valence-electron chi connectivity index (χ4n) is 4.35. The standard InChI is InChI=1S/C24H15Cl2F3N2O2S/c25-16-9-8-14(19(26)11-16)12-30-20-7-2-1-6-18(20)23(22(30)33)31(21(32)13-34-23)17-5-3-4-15(10-17)24(27,28)29/h1-11H,12-13H2/t23-/m1/s1. The van der Waals surface area contributed by atoms with Crippen LogP contribution in [0, 0.1) is 0 Å². The molecule has 3 aromatic rings. The number of rotatable bonds is 3. The van der Waals surface area contributed by atoms with E-state index in [1.807, 2.05) is 0 Å². The molecule has 1 saturated heterocycles. The highest BCUT2D eigenvalue weighted by molar-refractivity contribution is 8.02. The van der Waals surface area contributed by atoms with Crippen LogP contribution in [0.5, 0.6) is 0 Å². The molecule has 10 heteroatoms. The fourth-order valence-corrected chi connectivity index (χ4v) is 6.18. The first-order chi connectivity index (χ1) is 16.1. The quantitative estimate of drug-likeness (QED) is 0.394. The number of carbonyl (C=O) groups is 2. The zero-order chi connectivity index (χ0) is 24.3. The number of hydrogen-bond acceptors (Lipinski definition) is 3. The molecule has 0 aliphatic carbocycles. The van der Waals surface area contributed by atoms with Crippen LogP contribution in [0.1, 0.15) is 16.7 Å². The minimum absolute atomic E-state index is 0.0133. The first-order valence-corrected chi connectivity index (χ1v) is 11.9. The van der Waals surface area contributed by atoms with Crippen LogP contribution in [-0.2, 0) is 27.2 Å². The summed E-state index contributed by atoms with van der Waals surface area (Å²) in [5.41, 5.74) is 0.870.